The number of ether oxygens (including phenoxy) is 1. The van der Waals surface area contributed by atoms with Crippen LogP contribution in [0.1, 0.15) is 43.0 Å². The average molecular weight is 420 g/mol. The SMILES string of the molecule is CC[C@H](O)CN(Cc1c(C)nn(-c2ccccc2)c1Oc1ccc(C)cc1)CC1CC1. The third-order valence-electron chi connectivity index (χ3n) is 5.91. The van der Waals surface area contributed by atoms with Gasteiger partial charge in [-0.25, -0.2) is 4.68 Å². The van der Waals surface area contributed by atoms with Crippen LogP contribution in [0.25, 0.3) is 5.69 Å². The van der Waals surface area contributed by atoms with Gasteiger partial charge in [0.05, 0.1) is 23.0 Å². The summed E-state index contributed by atoms with van der Waals surface area (Å²) in [5, 5.41) is 15.2. The Morgan fingerprint density at radius 1 is 1.10 bits per heavy atom. The van der Waals surface area contributed by atoms with Gasteiger partial charge < -0.3 is 9.84 Å². The summed E-state index contributed by atoms with van der Waals surface area (Å²) >= 11 is 0. The van der Waals surface area contributed by atoms with Crippen molar-refractivity contribution in [2.24, 2.45) is 5.92 Å². The number of hydrogen-bond donors (Lipinski definition) is 1. The van der Waals surface area contributed by atoms with Crippen LogP contribution in [-0.2, 0) is 6.54 Å². The van der Waals surface area contributed by atoms with Gasteiger partial charge in [-0.05, 0) is 63.3 Å². The van der Waals surface area contributed by atoms with Gasteiger partial charge in [-0.2, -0.15) is 5.10 Å². The molecule has 0 bridgehead atoms. The van der Waals surface area contributed by atoms with E-state index in [1.165, 1.54) is 18.4 Å². The average Bonchev–Trinajstić information content (AvgIpc) is 3.55. The lowest BCUT2D eigenvalue weighted by atomic mass is 10.2. The molecule has 0 unspecified atom stereocenters. The molecule has 1 aliphatic carbocycles. The summed E-state index contributed by atoms with van der Waals surface area (Å²) in [4.78, 5) is 2.37. The first-order valence-corrected chi connectivity index (χ1v) is 11.3. The summed E-state index contributed by atoms with van der Waals surface area (Å²) in [6.45, 7) is 8.55. The van der Waals surface area contributed by atoms with E-state index in [2.05, 4.69) is 24.0 Å². The summed E-state index contributed by atoms with van der Waals surface area (Å²) in [5.41, 5.74) is 4.21. The van der Waals surface area contributed by atoms with Crippen LogP contribution in [0.3, 0.4) is 0 Å². The number of aromatic nitrogens is 2. The zero-order valence-corrected chi connectivity index (χ0v) is 18.8. The van der Waals surface area contributed by atoms with E-state index < -0.39 is 0 Å². The van der Waals surface area contributed by atoms with Gasteiger partial charge in [0.25, 0.3) is 0 Å². The summed E-state index contributed by atoms with van der Waals surface area (Å²) in [5.74, 6) is 2.29. The molecule has 4 rings (SSSR count). The summed E-state index contributed by atoms with van der Waals surface area (Å²) in [7, 11) is 0. The smallest absolute Gasteiger partial charge is 0.227 e. The maximum Gasteiger partial charge on any atom is 0.227 e. The highest BCUT2D eigenvalue weighted by atomic mass is 16.5. The first-order valence-electron chi connectivity index (χ1n) is 11.3. The van der Waals surface area contributed by atoms with Crippen molar-refractivity contribution >= 4 is 0 Å². The van der Waals surface area contributed by atoms with Gasteiger partial charge in [0.15, 0.2) is 0 Å². The number of benzene rings is 2. The number of para-hydroxylation sites is 1. The van der Waals surface area contributed by atoms with Crippen LogP contribution < -0.4 is 4.74 Å². The molecule has 0 aliphatic heterocycles. The highest BCUT2D eigenvalue weighted by molar-refractivity contribution is 5.43. The number of aliphatic hydroxyl groups excluding tert-OH is 1. The lowest BCUT2D eigenvalue weighted by molar-refractivity contribution is 0.102. The molecular formula is C26H33N3O2. The third kappa shape index (κ3) is 5.54. The molecule has 0 spiro atoms. The Morgan fingerprint density at radius 3 is 2.45 bits per heavy atom. The lowest BCUT2D eigenvalue weighted by Crippen LogP contribution is -2.33. The molecule has 5 nitrogen and oxygen atoms in total. The topological polar surface area (TPSA) is 50.5 Å². The monoisotopic (exact) mass is 419 g/mol. The van der Waals surface area contributed by atoms with Crippen LogP contribution in [0.5, 0.6) is 11.6 Å². The van der Waals surface area contributed by atoms with Crippen molar-refractivity contribution in [1.29, 1.82) is 0 Å². The van der Waals surface area contributed by atoms with E-state index in [1.54, 1.807) is 0 Å². The van der Waals surface area contributed by atoms with Gasteiger partial charge in [0.2, 0.25) is 5.88 Å². The zero-order chi connectivity index (χ0) is 21.8. The van der Waals surface area contributed by atoms with Gasteiger partial charge in [-0.1, -0.05) is 42.8 Å². The molecule has 1 heterocycles. The van der Waals surface area contributed by atoms with Crippen LogP contribution >= 0.6 is 0 Å². The number of aliphatic hydroxyl groups is 1. The lowest BCUT2D eigenvalue weighted by Gasteiger charge is -2.25. The minimum absolute atomic E-state index is 0.315. The molecule has 3 aromatic rings. The van der Waals surface area contributed by atoms with Crippen molar-refractivity contribution in [2.75, 3.05) is 13.1 Å². The van der Waals surface area contributed by atoms with E-state index in [9.17, 15) is 5.11 Å². The van der Waals surface area contributed by atoms with Crippen LogP contribution in [-0.4, -0.2) is 39.0 Å². The van der Waals surface area contributed by atoms with Crippen molar-refractivity contribution < 1.29 is 9.84 Å². The molecule has 0 saturated heterocycles. The fourth-order valence-electron chi connectivity index (χ4n) is 3.81. The van der Waals surface area contributed by atoms with Crippen molar-refractivity contribution in [2.45, 2.75) is 52.7 Å². The largest absolute Gasteiger partial charge is 0.439 e. The van der Waals surface area contributed by atoms with E-state index in [0.717, 1.165) is 47.5 Å². The number of aryl methyl sites for hydroxylation is 2. The number of nitrogens with zero attached hydrogens (tertiary/aromatic N) is 3. The summed E-state index contributed by atoms with van der Waals surface area (Å²) < 4.78 is 8.33. The Bertz CT molecular complexity index is 978. The third-order valence-corrected chi connectivity index (χ3v) is 5.91. The van der Waals surface area contributed by atoms with E-state index in [-0.39, 0.29) is 6.10 Å². The molecule has 1 saturated carbocycles. The van der Waals surface area contributed by atoms with Crippen molar-refractivity contribution in [3.63, 3.8) is 0 Å². The summed E-state index contributed by atoms with van der Waals surface area (Å²) in [6.07, 6.45) is 3.02. The van der Waals surface area contributed by atoms with Gasteiger partial charge in [-0.15, -0.1) is 0 Å². The van der Waals surface area contributed by atoms with E-state index in [1.807, 2.05) is 61.0 Å². The van der Waals surface area contributed by atoms with E-state index >= 15 is 0 Å². The Hall–Kier alpha value is -2.63. The Balaban J connectivity index is 1.69. The zero-order valence-electron chi connectivity index (χ0n) is 18.8. The van der Waals surface area contributed by atoms with Crippen LogP contribution in [0.4, 0.5) is 0 Å². The Labute approximate surface area is 185 Å². The molecule has 0 radical (unpaired) electrons. The maximum absolute atomic E-state index is 10.3. The first-order chi connectivity index (χ1) is 15.0. The predicted octanol–water partition coefficient (Wildman–Crippen LogP) is 5.26. The second-order valence-corrected chi connectivity index (χ2v) is 8.73. The number of hydrogen-bond acceptors (Lipinski definition) is 4. The van der Waals surface area contributed by atoms with Crippen molar-refractivity contribution in [1.82, 2.24) is 14.7 Å². The van der Waals surface area contributed by atoms with E-state index in [0.29, 0.717) is 13.1 Å². The predicted molar refractivity (Wildman–Crippen MR) is 124 cm³/mol. The summed E-state index contributed by atoms with van der Waals surface area (Å²) in [6, 6.07) is 18.2. The molecule has 164 valence electrons. The molecule has 1 aliphatic rings. The second kappa shape index (κ2) is 9.67. The molecule has 0 amide bonds. The minimum atomic E-state index is -0.315. The van der Waals surface area contributed by atoms with Crippen molar-refractivity contribution in [3.8, 4) is 17.3 Å². The molecule has 1 aromatic heterocycles. The van der Waals surface area contributed by atoms with Gasteiger partial charge in [0, 0.05) is 19.6 Å². The molecular weight excluding hydrogens is 386 g/mol. The maximum atomic E-state index is 10.3. The first kappa shape index (κ1) is 21.6. The minimum Gasteiger partial charge on any atom is -0.439 e. The fraction of sp³-hybridized carbons (Fsp3) is 0.423. The molecule has 1 fully saturated rings. The van der Waals surface area contributed by atoms with Gasteiger partial charge in [-0.3, -0.25) is 4.90 Å². The van der Waals surface area contributed by atoms with Gasteiger partial charge >= 0.3 is 0 Å². The highest BCUT2D eigenvalue weighted by Gasteiger charge is 2.28. The highest BCUT2D eigenvalue weighted by Crippen LogP contribution is 2.34. The van der Waals surface area contributed by atoms with Crippen LogP contribution in [0.2, 0.25) is 0 Å². The molecule has 5 heteroatoms. The quantitative estimate of drug-likeness (QED) is 0.487. The standard InChI is InChI=1S/C26H33N3O2/c1-4-23(30)17-28(16-21-12-13-21)18-25-20(3)27-29(22-8-6-5-7-9-22)26(25)31-24-14-10-19(2)11-15-24/h5-11,14-15,21,23,30H,4,12-13,16-18H2,1-3H3/t23-/m0/s1. The molecule has 31 heavy (non-hydrogen) atoms. The normalized spacial score (nSPS) is 14.7. The fourth-order valence-corrected chi connectivity index (χ4v) is 3.81. The van der Waals surface area contributed by atoms with Crippen LogP contribution in [0.15, 0.2) is 54.6 Å². The number of rotatable bonds is 10. The Kier molecular flexibility index (Phi) is 6.73. The second-order valence-electron chi connectivity index (χ2n) is 8.73. The van der Waals surface area contributed by atoms with Crippen LogP contribution in [0, 0.1) is 19.8 Å². The molecule has 1 N–H and O–H groups in total. The Morgan fingerprint density at radius 2 is 1.81 bits per heavy atom. The molecule has 2 aromatic carbocycles. The molecule has 1 atom stereocenters. The van der Waals surface area contributed by atoms with Gasteiger partial charge in [0.1, 0.15) is 5.75 Å². The van der Waals surface area contributed by atoms with E-state index in [4.69, 9.17) is 9.84 Å². The van der Waals surface area contributed by atoms with Crippen molar-refractivity contribution in [3.05, 3.63) is 71.4 Å².